The van der Waals surface area contributed by atoms with Gasteiger partial charge in [0.25, 0.3) is 0 Å². The van der Waals surface area contributed by atoms with Gasteiger partial charge in [-0.1, -0.05) is 18.2 Å². The van der Waals surface area contributed by atoms with Gasteiger partial charge in [0, 0.05) is 5.39 Å². The molecule has 1 N–H and O–H groups in total. The number of carbonyl (C=O) groups is 1. The fourth-order valence-electron chi connectivity index (χ4n) is 2.54. The summed E-state index contributed by atoms with van der Waals surface area (Å²) in [6.45, 7) is 1.87. The Morgan fingerprint density at radius 3 is 2.80 bits per heavy atom. The van der Waals surface area contributed by atoms with Gasteiger partial charge in [-0.15, -0.1) is 0 Å². The highest BCUT2D eigenvalue weighted by Crippen LogP contribution is 2.40. The molecule has 1 atom stereocenters. The number of furan rings is 1. The molecule has 0 unspecified atom stereocenters. The van der Waals surface area contributed by atoms with Crippen molar-refractivity contribution in [1.82, 2.24) is 5.32 Å². The molecule has 4 heteroatoms. The fourth-order valence-corrected chi connectivity index (χ4v) is 2.54. The quantitative estimate of drug-likeness (QED) is 0.928. The number of hydrogen-bond donors (Lipinski definition) is 1. The van der Waals surface area contributed by atoms with Crippen LogP contribution >= 0.6 is 0 Å². The van der Waals surface area contributed by atoms with E-state index in [0.717, 1.165) is 17.4 Å². The van der Waals surface area contributed by atoms with Crippen molar-refractivity contribution in [2.75, 3.05) is 0 Å². The van der Waals surface area contributed by atoms with Crippen LogP contribution in [0.1, 0.15) is 38.0 Å². The van der Waals surface area contributed by atoms with Crippen LogP contribution in [0.5, 0.6) is 0 Å². The molecule has 1 aliphatic rings. The van der Waals surface area contributed by atoms with Gasteiger partial charge >= 0.3 is 0 Å². The van der Waals surface area contributed by atoms with Crippen molar-refractivity contribution in [3.63, 3.8) is 0 Å². The topological polar surface area (TPSA) is 66.0 Å². The van der Waals surface area contributed by atoms with Crippen molar-refractivity contribution in [3.05, 3.63) is 36.1 Å². The Balaban J connectivity index is 1.77. The average molecular weight is 268 g/mol. The summed E-state index contributed by atoms with van der Waals surface area (Å²) >= 11 is 0. The van der Waals surface area contributed by atoms with E-state index >= 15 is 0 Å². The summed E-state index contributed by atoms with van der Waals surface area (Å²) in [6, 6.07) is 11.6. The van der Waals surface area contributed by atoms with Crippen LogP contribution in [-0.2, 0) is 4.79 Å². The number of nitrogens with zero attached hydrogens (tertiary/aromatic N) is 1. The largest absolute Gasteiger partial charge is 0.459 e. The van der Waals surface area contributed by atoms with Crippen molar-refractivity contribution in [1.29, 1.82) is 5.26 Å². The van der Waals surface area contributed by atoms with Crippen LogP contribution in [0, 0.1) is 16.7 Å². The highest BCUT2D eigenvalue weighted by Gasteiger charge is 2.45. The molecule has 1 saturated carbocycles. The number of hydrogen-bond acceptors (Lipinski definition) is 3. The molecular weight excluding hydrogens is 252 g/mol. The number of benzene rings is 1. The lowest BCUT2D eigenvalue weighted by Crippen LogP contribution is -2.45. The molecular formula is C16H16N2O2. The van der Waals surface area contributed by atoms with Crippen LogP contribution < -0.4 is 5.32 Å². The van der Waals surface area contributed by atoms with Gasteiger partial charge < -0.3 is 9.73 Å². The van der Waals surface area contributed by atoms with Crippen LogP contribution in [-0.4, -0.2) is 5.91 Å². The minimum Gasteiger partial charge on any atom is -0.459 e. The molecule has 1 fully saturated rings. The molecule has 1 aliphatic carbocycles. The molecule has 0 saturated heterocycles. The second-order valence-corrected chi connectivity index (χ2v) is 5.43. The zero-order chi connectivity index (χ0) is 14.2. The molecule has 1 aromatic carbocycles. The van der Waals surface area contributed by atoms with E-state index in [-0.39, 0.29) is 11.9 Å². The van der Waals surface area contributed by atoms with Gasteiger partial charge in [0.15, 0.2) is 0 Å². The molecule has 0 radical (unpaired) electrons. The smallest absolute Gasteiger partial charge is 0.241 e. The molecule has 1 heterocycles. The number of fused-ring (bicyclic) bond motifs is 1. The lowest BCUT2D eigenvalue weighted by atomic mass is 9.69. The number of nitriles is 1. The molecule has 4 nitrogen and oxygen atoms in total. The lowest BCUT2D eigenvalue weighted by Gasteiger charge is -2.34. The van der Waals surface area contributed by atoms with Crippen LogP contribution in [0.25, 0.3) is 11.0 Å². The van der Waals surface area contributed by atoms with Crippen LogP contribution in [0.3, 0.4) is 0 Å². The van der Waals surface area contributed by atoms with Crippen molar-refractivity contribution >= 4 is 16.9 Å². The number of rotatable bonds is 3. The van der Waals surface area contributed by atoms with Gasteiger partial charge in [-0.2, -0.15) is 5.26 Å². The van der Waals surface area contributed by atoms with E-state index in [1.807, 2.05) is 37.3 Å². The van der Waals surface area contributed by atoms with Gasteiger partial charge in [0.2, 0.25) is 5.91 Å². The summed E-state index contributed by atoms with van der Waals surface area (Å²) in [4.78, 5) is 12.2. The first kappa shape index (κ1) is 12.7. The normalized spacial score (nSPS) is 18.0. The van der Waals surface area contributed by atoms with Gasteiger partial charge in [-0.05, 0) is 38.3 Å². The zero-order valence-corrected chi connectivity index (χ0v) is 11.3. The van der Waals surface area contributed by atoms with Crippen molar-refractivity contribution in [2.24, 2.45) is 5.41 Å². The van der Waals surface area contributed by atoms with Crippen molar-refractivity contribution in [3.8, 4) is 6.07 Å². The van der Waals surface area contributed by atoms with Crippen molar-refractivity contribution in [2.45, 2.75) is 32.2 Å². The first-order valence-electron chi connectivity index (χ1n) is 6.85. The monoisotopic (exact) mass is 268 g/mol. The zero-order valence-electron chi connectivity index (χ0n) is 11.3. The van der Waals surface area contributed by atoms with Gasteiger partial charge in [-0.25, -0.2) is 0 Å². The average Bonchev–Trinajstić information content (AvgIpc) is 2.81. The van der Waals surface area contributed by atoms with E-state index < -0.39 is 5.41 Å². The predicted octanol–water partition coefficient (Wildman–Crippen LogP) is 3.30. The van der Waals surface area contributed by atoms with Crippen LogP contribution in [0.15, 0.2) is 34.7 Å². The van der Waals surface area contributed by atoms with E-state index in [1.165, 1.54) is 0 Å². The molecule has 0 spiro atoms. The van der Waals surface area contributed by atoms with E-state index in [1.54, 1.807) is 0 Å². The summed E-state index contributed by atoms with van der Waals surface area (Å²) in [6.07, 6.45) is 2.25. The summed E-state index contributed by atoms with van der Waals surface area (Å²) in [7, 11) is 0. The standard InChI is InChI=1S/C16H16N2O2/c1-11(18-15(19)16(10-17)7-4-8-16)14-9-12-5-2-3-6-13(12)20-14/h2-3,5-6,9,11H,4,7-8H2,1H3,(H,18,19)/t11-/m1/s1. The fraction of sp³-hybridized carbons (Fsp3) is 0.375. The van der Waals surface area contributed by atoms with Crippen molar-refractivity contribution < 1.29 is 9.21 Å². The Hall–Kier alpha value is -2.28. The second kappa shape index (κ2) is 4.68. The molecule has 20 heavy (non-hydrogen) atoms. The Kier molecular flexibility index (Phi) is 2.98. The lowest BCUT2D eigenvalue weighted by molar-refractivity contribution is -0.132. The SMILES string of the molecule is C[C@@H](NC(=O)C1(C#N)CCC1)c1cc2ccccc2o1. The van der Waals surface area contributed by atoms with Crippen LogP contribution in [0.2, 0.25) is 0 Å². The summed E-state index contributed by atoms with van der Waals surface area (Å²) < 4.78 is 5.73. The van der Waals surface area contributed by atoms with E-state index in [0.29, 0.717) is 18.6 Å². The van der Waals surface area contributed by atoms with Gasteiger partial charge in [0.1, 0.15) is 16.8 Å². The minimum atomic E-state index is -0.819. The Morgan fingerprint density at radius 2 is 2.20 bits per heavy atom. The third kappa shape index (κ3) is 1.96. The number of para-hydroxylation sites is 1. The Bertz CT molecular complexity index is 659. The molecule has 1 amide bonds. The first-order chi connectivity index (χ1) is 9.64. The third-order valence-electron chi connectivity index (χ3n) is 4.07. The summed E-state index contributed by atoms with van der Waals surface area (Å²) in [5.74, 6) is 0.533. The van der Waals surface area contributed by atoms with Gasteiger partial charge in [0.05, 0.1) is 12.1 Å². The highest BCUT2D eigenvalue weighted by molar-refractivity contribution is 5.86. The summed E-state index contributed by atoms with van der Waals surface area (Å²) in [5, 5.41) is 13.1. The Morgan fingerprint density at radius 1 is 1.45 bits per heavy atom. The first-order valence-corrected chi connectivity index (χ1v) is 6.85. The molecule has 102 valence electrons. The Labute approximate surface area is 117 Å². The molecule has 0 aliphatic heterocycles. The van der Waals surface area contributed by atoms with E-state index in [4.69, 9.17) is 4.42 Å². The molecule has 0 bridgehead atoms. The predicted molar refractivity (Wildman–Crippen MR) is 74.7 cm³/mol. The maximum absolute atomic E-state index is 12.2. The molecule has 1 aromatic heterocycles. The van der Waals surface area contributed by atoms with Crippen LogP contribution in [0.4, 0.5) is 0 Å². The third-order valence-corrected chi connectivity index (χ3v) is 4.07. The number of carbonyl (C=O) groups excluding carboxylic acids is 1. The van der Waals surface area contributed by atoms with E-state index in [2.05, 4.69) is 11.4 Å². The molecule has 2 aromatic rings. The highest BCUT2D eigenvalue weighted by atomic mass is 16.3. The summed E-state index contributed by atoms with van der Waals surface area (Å²) in [5.41, 5.74) is -0.0115. The van der Waals surface area contributed by atoms with Gasteiger partial charge in [-0.3, -0.25) is 4.79 Å². The number of amides is 1. The van der Waals surface area contributed by atoms with E-state index in [9.17, 15) is 10.1 Å². The number of nitrogens with one attached hydrogen (secondary N) is 1. The molecule has 3 rings (SSSR count). The second-order valence-electron chi connectivity index (χ2n) is 5.43. The maximum Gasteiger partial charge on any atom is 0.241 e. The minimum absolute atomic E-state index is 0.181. The maximum atomic E-state index is 12.2.